The van der Waals surface area contributed by atoms with E-state index in [4.69, 9.17) is 4.74 Å². The fraction of sp³-hybridized carbons (Fsp3) is 0.350. The molecular formula is C20H25ClN2O3S. The Morgan fingerprint density at radius 2 is 1.93 bits per heavy atom. The molecule has 27 heavy (non-hydrogen) atoms. The highest BCUT2D eigenvalue weighted by Gasteiger charge is 2.37. The summed E-state index contributed by atoms with van der Waals surface area (Å²) in [5.74, 6) is 0.483. The van der Waals surface area contributed by atoms with Gasteiger partial charge in [-0.25, -0.2) is 0 Å². The summed E-state index contributed by atoms with van der Waals surface area (Å²) in [4.78, 5) is 15.7. The van der Waals surface area contributed by atoms with E-state index >= 15 is 0 Å². The summed E-state index contributed by atoms with van der Waals surface area (Å²) >= 11 is 1.53. The average Bonchev–Trinajstić information content (AvgIpc) is 2.76. The van der Waals surface area contributed by atoms with Gasteiger partial charge in [-0.05, 0) is 49.4 Å². The van der Waals surface area contributed by atoms with Crippen molar-refractivity contribution < 1.29 is 14.6 Å². The molecule has 0 aromatic heterocycles. The first-order valence-corrected chi connectivity index (χ1v) is 9.48. The highest BCUT2D eigenvalue weighted by atomic mass is 35.5. The maximum Gasteiger partial charge on any atom is 0.257 e. The highest BCUT2D eigenvalue weighted by molar-refractivity contribution is 7.99. The van der Waals surface area contributed by atoms with Crippen LogP contribution in [0.25, 0.3) is 0 Å². The van der Waals surface area contributed by atoms with Crippen molar-refractivity contribution in [2.75, 3.05) is 32.1 Å². The molecule has 1 amide bonds. The first-order valence-electron chi connectivity index (χ1n) is 8.60. The minimum absolute atomic E-state index is 0. The summed E-state index contributed by atoms with van der Waals surface area (Å²) in [6.45, 7) is 3.20. The molecule has 0 saturated carbocycles. The van der Waals surface area contributed by atoms with Crippen LogP contribution in [-0.2, 0) is 4.79 Å². The van der Waals surface area contributed by atoms with Crippen LogP contribution in [0.3, 0.4) is 0 Å². The molecule has 2 aromatic carbocycles. The van der Waals surface area contributed by atoms with Crippen molar-refractivity contribution in [2.45, 2.75) is 23.2 Å². The summed E-state index contributed by atoms with van der Waals surface area (Å²) in [5, 5.41) is 13.6. The normalized spacial score (nSPS) is 19.1. The van der Waals surface area contributed by atoms with Crippen LogP contribution in [-0.4, -0.2) is 44.4 Å². The number of rotatable bonds is 5. The SMILES string of the molecule is CNCCN1C(=O)[C@@H](O)[C@@H](c2ccc(OC)cc2)Sc2cc(C)ccc21.Cl. The third-order valence-electron chi connectivity index (χ3n) is 4.50. The largest absolute Gasteiger partial charge is 0.497 e. The van der Waals surface area contributed by atoms with Gasteiger partial charge in [-0.1, -0.05) is 18.2 Å². The number of methoxy groups -OCH3 is 1. The fourth-order valence-corrected chi connectivity index (χ4v) is 4.41. The Balaban J connectivity index is 0.00000261. The number of likely N-dealkylation sites (N-methyl/N-ethyl adjacent to an activating group) is 1. The third-order valence-corrected chi connectivity index (χ3v) is 5.86. The molecule has 146 valence electrons. The van der Waals surface area contributed by atoms with Gasteiger partial charge in [0.15, 0.2) is 0 Å². The summed E-state index contributed by atoms with van der Waals surface area (Å²) in [5.41, 5.74) is 2.89. The Labute approximate surface area is 170 Å². The molecule has 3 rings (SSSR count). The molecule has 2 N–H and O–H groups in total. The number of carbonyl (C=O) groups is 1. The van der Waals surface area contributed by atoms with Gasteiger partial charge < -0.3 is 20.1 Å². The molecule has 1 heterocycles. The van der Waals surface area contributed by atoms with Gasteiger partial charge in [0, 0.05) is 18.0 Å². The number of thioether (sulfide) groups is 1. The van der Waals surface area contributed by atoms with E-state index in [1.807, 2.05) is 50.4 Å². The summed E-state index contributed by atoms with van der Waals surface area (Å²) in [7, 11) is 3.47. The summed E-state index contributed by atoms with van der Waals surface area (Å²) < 4.78 is 5.21. The van der Waals surface area contributed by atoms with Gasteiger partial charge in [0.05, 0.1) is 18.0 Å². The quantitative estimate of drug-likeness (QED) is 0.795. The number of hydrogen-bond acceptors (Lipinski definition) is 5. The zero-order valence-corrected chi connectivity index (χ0v) is 17.3. The van der Waals surface area contributed by atoms with Gasteiger partial charge in [0.1, 0.15) is 11.9 Å². The second-order valence-electron chi connectivity index (χ2n) is 6.32. The van der Waals surface area contributed by atoms with E-state index in [9.17, 15) is 9.90 Å². The Hall–Kier alpha value is -1.73. The lowest BCUT2D eigenvalue weighted by Gasteiger charge is -2.25. The van der Waals surface area contributed by atoms with Crippen LogP contribution in [0.5, 0.6) is 5.75 Å². The van der Waals surface area contributed by atoms with Gasteiger partial charge in [-0.15, -0.1) is 24.2 Å². The Morgan fingerprint density at radius 3 is 2.56 bits per heavy atom. The predicted octanol–water partition coefficient (Wildman–Crippen LogP) is 3.19. The number of ether oxygens (including phenoxy) is 1. The molecule has 0 spiro atoms. The number of carbonyl (C=O) groups excluding carboxylic acids is 1. The second kappa shape index (κ2) is 9.46. The van der Waals surface area contributed by atoms with E-state index in [1.54, 1.807) is 12.0 Å². The molecule has 0 saturated heterocycles. The van der Waals surface area contributed by atoms with Crippen LogP contribution in [0.2, 0.25) is 0 Å². The maximum absolute atomic E-state index is 13.0. The Kier molecular flexibility index (Phi) is 7.56. The molecule has 0 bridgehead atoms. The van der Waals surface area contributed by atoms with E-state index in [0.717, 1.165) is 27.5 Å². The molecule has 7 heteroatoms. The molecule has 1 aliphatic heterocycles. The lowest BCUT2D eigenvalue weighted by atomic mass is 10.1. The molecule has 1 aliphatic rings. The average molecular weight is 409 g/mol. The number of aryl methyl sites for hydroxylation is 1. The topological polar surface area (TPSA) is 61.8 Å². The predicted molar refractivity (Wildman–Crippen MR) is 112 cm³/mol. The van der Waals surface area contributed by atoms with Crippen LogP contribution < -0.4 is 15.0 Å². The zero-order chi connectivity index (χ0) is 18.7. The number of nitrogens with zero attached hydrogens (tertiary/aromatic N) is 1. The van der Waals surface area contributed by atoms with Crippen LogP contribution in [0.4, 0.5) is 5.69 Å². The molecule has 5 nitrogen and oxygen atoms in total. The lowest BCUT2D eigenvalue weighted by molar-refractivity contribution is -0.126. The maximum atomic E-state index is 13.0. The minimum Gasteiger partial charge on any atom is -0.497 e. The van der Waals surface area contributed by atoms with Gasteiger partial charge in [0.25, 0.3) is 5.91 Å². The summed E-state index contributed by atoms with van der Waals surface area (Å²) in [6, 6.07) is 13.6. The van der Waals surface area contributed by atoms with Gasteiger partial charge in [0.2, 0.25) is 0 Å². The monoisotopic (exact) mass is 408 g/mol. The number of anilines is 1. The van der Waals surface area contributed by atoms with E-state index in [-0.39, 0.29) is 23.6 Å². The summed E-state index contributed by atoms with van der Waals surface area (Å²) in [6.07, 6.45) is -1.11. The van der Waals surface area contributed by atoms with Gasteiger partial charge >= 0.3 is 0 Å². The minimum atomic E-state index is -1.11. The zero-order valence-electron chi connectivity index (χ0n) is 15.6. The van der Waals surface area contributed by atoms with Crippen molar-refractivity contribution in [3.8, 4) is 5.75 Å². The standard InChI is InChI=1S/C20H24N2O3S.ClH/c1-13-4-9-16-17(12-13)26-19(14-5-7-15(25-3)8-6-14)18(23)20(24)22(16)11-10-21-2;/h4-9,12,18-19,21,23H,10-11H2,1-3H3;1H/t18-,19+;/m0./s1. The number of halogens is 1. The molecule has 2 atom stereocenters. The number of fused-ring (bicyclic) bond motifs is 1. The molecule has 2 aromatic rings. The van der Waals surface area contributed by atoms with Gasteiger partial charge in [-0.3, -0.25) is 4.79 Å². The lowest BCUT2D eigenvalue weighted by Crippen LogP contribution is -2.43. The van der Waals surface area contributed by atoms with E-state index < -0.39 is 6.10 Å². The van der Waals surface area contributed by atoms with Crippen molar-refractivity contribution in [3.63, 3.8) is 0 Å². The number of hydrogen-bond donors (Lipinski definition) is 2. The van der Waals surface area contributed by atoms with Crippen LogP contribution >= 0.6 is 24.2 Å². The molecule has 0 aliphatic carbocycles. The second-order valence-corrected chi connectivity index (χ2v) is 7.50. The van der Waals surface area contributed by atoms with Gasteiger partial charge in [-0.2, -0.15) is 0 Å². The Bertz CT molecular complexity index is 785. The van der Waals surface area contributed by atoms with Crippen molar-refractivity contribution in [3.05, 3.63) is 53.6 Å². The number of aliphatic hydroxyl groups excluding tert-OH is 1. The molecule has 0 unspecified atom stereocenters. The number of amides is 1. The first kappa shape index (κ1) is 21.6. The van der Waals surface area contributed by atoms with Crippen LogP contribution in [0.15, 0.2) is 47.4 Å². The highest BCUT2D eigenvalue weighted by Crippen LogP contribution is 2.46. The van der Waals surface area contributed by atoms with Crippen LogP contribution in [0.1, 0.15) is 16.4 Å². The van der Waals surface area contributed by atoms with Crippen molar-refractivity contribution >= 4 is 35.8 Å². The molecule has 0 fully saturated rings. The fourth-order valence-electron chi connectivity index (χ4n) is 3.05. The van der Waals surface area contributed by atoms with Crippen molar-refractivity contribution in [2.24, 2.45) is 0 Å². The number of aliphatic hydroxyl groups is 1. The Morgan fingerprint density at radius 1 is 1.22 bits per heavy atom. The van der Waals surface area contributed by atoms with Crippen molar-refractivity contribution in [1.29, 1.82) is 0 Å². The van der Waals surface area contributed by atoms with Crippen LogP contribution in [0, 0.1) is 6.92 Å². The van der Waals surface area contributed by atoms with Crippen molar-refractivity contribution in [1.82, 2.24) is 5.32 Å². The molecule has 0 radical (unpaired) electrons. The van der Waals surface area contributed by atoms with E-state index in [0.29, 0.717) is 13.1 Å². The van der Waals surface area contributed by atoms with E-state index in [2.05, 4.69) is 11.4 Å². The smallest absolute Gasteiger partial charge is 0.257 e. The first-order chi connectivity index (χ1) is 12.5. The van der Waals surface area contributed by atoms with E-state index in [1.165, 1.54) is 11.8 Å². The molecular weight excluding hydrogens is 384 g/mol. The number of nitrogens with one attached hydrogen (secondary N) is 1. The third kappa shape index (κ3) is 4.58. The number of benzene rings is 2.